The minimum atomic E-state index is -0.124. The van der Waals surface area contributed by atoms with E-state index in [-0.39, 0.29) is 5.91 Å². The number of amides is 1. The van der Waals surface area contributed by atoms with Crippen molar-refractivity contribution in [2.75, 3.05) is 5.01 Å². The third-order valence-electron chi connectivity index (χ3n) is 5.82. The Bertz CT molecular complexity index is 1280. The van der Waals surface area contributed by atoms with Crippen molar-refractivity contribution in [3.63, 3.8) is 0 Å². The van der Waals surface area contributed by atoms with Crippen LogP contribution in [0.3, 0.4) is 0 Å². The lowest BCUT2D eigenvalue weighted by atomic mass is 10.1. The van der Waals surface area contributed by atoms with Gasteiger partial charge in [0.1, 0.15) is 0 Å². The second-order valence-corrected chi connectivity index (χ2v) is 8.97. The molecule has 6 heteroatoms. The van der Waals surface area contributed by atoms with Crippen molar-refractivity contribution in [3.05, 3.63) is 80.1 Å². The Labute approximate surface area is 191 Å². The van der Waals surface area contributed by atoms with E-state index in [4.69, 9.17) is 5.10 Å². The fourth-order valence-corrected chi connectivity index (χ4v) is 4.30. The monoisotopic (exact) mass is 476 g/mol. The van der Waals surface area contributed by atoms with Crippen LogP contribution in [0, 0.1) is 34.6 Å². The van der Waals surface area contributed by atoms with Gasteiger partial charge in [-0.1, -0.05) is 22.0 Å². The van der Waals surface area contributed by atoms with Gasteiger partial charge in [-0.3, -0.25) is 4.79 Å². The first kappa shape index (κ1) is 21.2. The number of carbonyl (C=O) groups excluding carboxylic acids is 1. The molecule has 0 unspecified atom stereocenters. The maximum atomic E-state index is 13.2. The number of anilines is 1. The molecule has 31 heavy (non-hydrogen) atoms. The Hall–Kier alpha value is -2.99. The molecule has 0 N–H and O–H groups in total. The van der Waals surface area contributed by atoms with Gasteiger partial charge in [0.25, 0.3) is 5.91 Å². The van der Waals surface area contributed by atoms with E-state index in [1.807, 2.05) is 56.7 Å². The zero-order valence-electron chi connectivity index (χ0n) is 18.6. The SMILES string of the molecule is CC1=NN(c2ccc(Br)cc2C)C(=O)/C1=C/c1c(C)nn(-c2ccc(C)c(C)c2)c1C. The molecule has 5 nitrogen and oxygen atoms in total. The Morgan fingerprint density at radius 2 is 1.65 bits per heavy atom. The predicted octanol–water partition coefficient (Wildman–Crippen LogP) is 5.98. The van der Waals surface area contributed by atoms with Crippen molar-refractivity contribution in [2.45, 2.75) is 41.5 Å². The second kappa shape index (κ2) is 7.93. The first-order valence-corrected chi connectivity index (χ1v) is 11.0. The van der Waals surface area contributed by atoms with Crippen LogP contribution in [-0.2, 0) is 4.79 Å². The van der Waals surface area contributed by atoms with E-state index in [2.05, 4.69) is 53.1 Å². The molecule has 0 aliphatic carbocycles. The van der Waals surface area contributed by atoms with Crippen LogP contribution in [0.5, 0.6) is 0 Å². The van der Waals surface area contributed by atoms with Gasteiger partial charge < -0.3 is 0 Å². The number of rotatable bonds is 3. The molecule has 3 aromatic rings. The Morgan fingerprint density at radius 3 is 2.32 bits per heavy atom. The lowest BCUT2D eigenvalue weighted by Crippen LogP contribution is -2.22. The molecular formula is C25H25BrN4O. The summed E-state index contributed by atoms with van der Waals surface area (Å²) in [5, 5.41) is 10.8. The van der Waals surface area contributed by atoms with Crippen LogP contribution in [0.15, 0.2) is 51.5 Å². The number of aryl methyl sites for hydroxylation is 4. The van der Waals surface area contributed by atoms with Crippen molar-refractivity contribution in [1.82, 2.24) is 9.78 Å². The van der Waals surface area contributed by atoms with Crippen LogP contribution in [-0.4, -0.2) is 21.4 Å². The second-order valence-electron chi connectivity index (χ2n) is 8.06. The number of aromatic nitrogens is 2. The standard InChI is InChI=1S/C25H25BrN4O/c1-14-7-9-21(12-15(14)2)29-19(6)22(17(4)27-29)13-23-18(5)28-30(25(23)31)24-10-8-20(26)11-16(24)3/h7-13H,1-6H3/b23-13+. The van der Waals surface area contributed by atoms with E-state index >= 15 is 0 Å². The summed E-state index contributed by atoms with van der Waals surface area (Å²) in [5.41, 5.74) is 9.37. The quantitative estimate of drug-likeness (QED) is 0.436. The van der Waals surface area contributed by atoms with Gasteiger partial charge in [0.15, 0.2) is 0 Å². The molecule has 0 atom stereocenters. The van der Waals surface area contributed by atoms with Crippen molar-refractivity contribution >= 4 is 39.3 Å². The summed E-state index contributed by atoms with van der Waals surface area (Å²) in [4.78, 5) is 13.2. The molecule has 1 aliphatic heterocycles. The smallest absolute Gasteiger partial charge is 0.267 e. The minimum absolute atomic E-state index is 0.124. The summed E-state index contributed by atoms with van der Waals surface area (Å²) >= 11 is 3.47. The maximum absolute atomic E-state index is 13.2. The van der Waals surface area contributed by atoms with Crippen LogP contribution in [0.2, 0.25) is 0 Å². The minimum Gasteiger partial charge on any atom is -0.267 e. The molecule has 2 heterocycles. The van der Waals surface area contributed by atoms with E-state index in [0.717, 1.165) is 38.4 Å². The van der Waals surface area contributed by atoms with E-state index < -0.39 is 0 Å². The average Bonchev–Trinajstić information content (AvgIpc) is 3.15. The molecule has 1 aliphatic rings. The predicted molar refractivity (Wildman–Crippen MR) is 130 cm³/mol. The highest BCUT2D eigenvalue weighted by Crippen LogP contribution is 2.30. The van der Waals surface area contributed by atoms with Crippen LogP contribution in [0.25, 0.3) is 11.8 Å². The molecule has 0 spiro atoms. The fraction of sp³-hybridized carbons (Fsp3) is 0.240. The van der Waals surface area contributed by atoms with E-state index in [1.54, 1.807) is 0 Å². The van der Waals surface area contributed by atoms with Gasteiger partial charge in [0.05, 0.1) is 28.4 Å². The normalized spacial score (nSPS) is 15.2. The van der Waals surface area contributed by atoms with Crippen LogP contribution in [0.4, 0.5) is 5.69 Å². The highest BCUT2D eigenvalue weighted by Gasteiger charge is 2.30. The van der Waals surface area contributed by atoms with Crippen LogP contribution in [0.1, 0.15) is 40.6 Å². The number of halogens is 1. The summed E-state index contributed by atoms with van der Waals surface area (Å²) in [6, 6.07) is 12.1. The third-order valence-corrected chi connectivity index (χ3v) is 6.31. The largest absolute Gasteiger partial charge is 0.280 e. The van der Waals surface area contributed by atoms with E-state index in [1.165, 1.54) is 16.1 Å². The summed E-state index contributed by atoms with van der Waals surface area (Å²) < 4.78 is 2.92. The van der Waals surface area contributed by atoms with Crippen molar-refractivity contribution in [1.29, 1.82) is 0 Å². The molecule has 1 aromatic heterocycles. The number of benzene rings is 2. The fourth-order valence-electron chi connectivity index (χ4n) is 3.82. The number of carbonyl (C=O) groups is 1. The Balaban J connectivity index is 1.74. The zero-order chi connectivity index (χ0) is 22.4. The van der Waals surface area contributed by atoms with Gasteiger partial charge in [-0.25, -0.2) is 4.68 Å². The van der Waals surface area contributed by atoms with Gasteiger partial charge in [0, 0.05) is 15.7 Å². The molecule has 2 aromatic carbocycles. The Morgan fingerprint density at radius 1 is 0.903 bits per heavy atom. The average molecular weight is 477 g/mol. The number of hydrogen-bond acceptors (Lipinski definition) is 3. The van der Waals surface area contributed by atoms with Crippen molar-refractivity contribution in [2.24, 2.45) is 5.10 Å². The molecule has 1 amide bonds. The highest BCUT2D eigenvalue weighted by molar-refractivity contribution is 9.10. The lowest BCUT2D eigenvalue weighted by molar-refractivity contribution is -0.114. The maximum Gasteiger partial charge on any atom is 0.280 e. The zero-order valence-corrected chi connectivity index (χ0v) is 20.2. The van der Waals surface area contributed by atoms with Gasteiger partial charge in [0.2, 0.25) is 0 Å². The van der Waals surface area contributed by atoms with Gasteiger partial charge in [-0.05, 0) is 94.6 Å². The molecule has 0 radical (unpaired) electrons. The summed E-state index contributed by atoms with van der Waals surface area (Å²) in [5.74, 6) is -0.124. The Kier molecular flexibility index (Phi) is 5.43. The van der Waals surface area contributed by atoms with Gasteiger partial charge >= 0.3 is 0 Å². The third kappa shape index (κ3) is 3.76. The first-order valence-electron chi connectivity index (χ1n) is 10.2. The first-order chi connectivity index (χ1) is 14.7. The highest BCUT2D eigenvalue weighted by atomic mass is 79.9. The molecular weight excluding hydrogens is 452 g/mol. The van der Waals surface area contributed by atoms with Crippen molar-refractivity contribution < 1.29 is 4.79 Å². The topological polar surface area (TPSA) is 50.5 Å². The molecule has 0 fully saturated rings. The van der Waals surface area contributed by atoms with E-state index in [0.29, 0.717) is 11.3 Å². The number of hydrazone groups is 1. The summed E-state index contributed by atoms with van der Waals surface area (Å²) in [7, 11) is 0. The molecule has 158 valence electrons. The lowest BCUT2D eigenvalue weighted by Gasteiger charge is -2.14. The molecule has 0 saturated carbocycles. The summed E-state index contributed by atoms with van der Waals surface area (Å²) in [6.45, 7) is 12.0. The molecule has 4 rings (SSSR count). The van der Waals surface area contributed by atoms with Gasteiger partial charge in [-0.2, -0.15) is 15.2 Å². The summed E-state index contributed by atoms with van der Waals surface area (Å²) in [6.07, 6.45) is 1.92. The van der Waals surface area contributed by atoms with Crippen LogP contribution >= 0.6 is 15.9 Å². The van der Waals surface area contributed by atoms with Gasteiger partial charge in [-0.15, -0.1) is 0 Å². The molecule has 0 saturated heterocycles. The van der Waals surface area contributed by atoms with E-state index in [9.17, 15) is 4.79 Å². The van der Waals surface area contributed by atoms with Crippen molar-refractivity contribution in [3.8, 4) is 5.69 Å². The molecule has 0 bridgehead atoms. The number of nitrogens with zero attached hydrogens (tertiary/aromatic N) is 4. The number of hydrogen-bond donors (Lipinski definition) is 0. The van der Waals surface area contributed by atoms with Crippen LogP contribution < -0.4 is 5.01 Å².